The zero-order valence-electron chi connectivity index (χ0n) is 15.3. The van der Waals surface area contributed by atoms with Crippen molar-refractivity contribution < 1.29 is 23.9 Å². The number of hydrogen-bond acceptors (Lipinski definition) is 6. The standard InChI is InChI=1S/C18H22N4O5S/c1-2-27-17(26)11-10-15(24)20-18(28)22-21-16(25)9-8-14(23)19-12-13-6-4-3-5-7-13/h3-7,10-11H,2,8-9,12H2,1H3,(H,19,23)(H,21,25)(H2,20,22,24,28). The van der Waals surface area contributed by atoms with Gasteiger partial charge in [0.2, 0.25) is 17.7 Å². The molecule has 1 aromatic carbocycles. The van der Waals surface area contributed by atoms with Crippen LogP contribution in [0.3, 0.4) is 0 Å². The molecule has 0 saturated heterocycles. The second-order valence-corrected chi connectivity index (χ2v) is 5.75. The number of nitrogens with one attached hydrogen (secondary N) is 4. The van der Waals surface area contributed by atoms with Gasteiger partial charge in [-0.1, -0.05) is 30.3 Å². The molecule has 0 aliphatic rings. The summed E-state index contributed by atoms with van der Waals surface area (Å²) in [6, 6.07) is 9.39. The van der Waals surface area contributed by atoms with Crippen molar-refractivity contribution in [1.29, 1.82) is 0 Å². The molecule has 0 aliphatic heterocycles. The molecule has 0 atom stereocenters. The van der Waals surface area contributed by atoms with Gasteiger partial charge >= 0.3 is 5.97 Å². The zero-order valence-corrected chi connectivity index (χ0v) is 16.1. The van der Waals surface area contributed by atoms with Gasteiger partial charge in [-0.25, -0.2) is 4.79 Å². The van der Waals surface area contributed by atoms with Gasteiger partial charge in [0, 0.05) is 31.5 Å². The average Bonchev–Trinajstić information content (AvgIpc) is 2.68. The van der Waals surface area contributed by atoms with Gasteiger partial charge in [-0.15, -0.1) is 0 Å². The molecule has 0 saturated carbocycles. The Morgan fingerprint density at radius 3 is 2.36 bits per heavy atom. The van der Waals surface area contributed by atoms with Crippen molar-refractivity contribution in [3.8, 4) is 0 Å². The number of ether oxygens (including phenoxy) is 1. The third-order valence-electron chi connectivity index (χ3n) is 3.12. The monoisotopic (exact) mass is 406 g/mol. The second kappa shape index (κ2) is 13.0. The molecule has 1 rings (SSSR count). The van der Waals surface area contributed by atoms with Crippen molar-refractivity contribution in [3.05, 3.63) is 48.0 Å². The van der Waals surface area contributed by atoms with Crippen LogP contribution in [0.1, 0.15) is 25.3 Å². The maximum atomic E-state index is 11.7. The fourth-order valence-electron chi connectivity index (χ4n) is 1.82. The summed E-state index contributed by atoms with van der Waals surface area (Å²) in [5, 5.41) is 4.77. The molecule has 0 heterocycles. The second-order valence-electron chi connectivity index (χ2n) is 5.34. The van der Waals surface area contributed by atoms with E-state index in [9.17, 15) is 19.2 Å². The smallest absolute Gasteiger partial charge is 0.330 e. The number of carbonyl (C=O) groups excluding carboxylic acids is 4. The SMILES string of the molecule is CCOC(=O)C=CC(=O)NC(=S)NNC(=O)CCC(=O)NCc1ccccc1. The van der Waals surface area contributed by atoms with Gasteiger partial charge in [-0.2, -0.15) is 0 Å². The minimum absolute atomic E-state index is 0.00173. The summed E-state index contributed by atoms with van der Waals surface area (Å²) in [7, 11) is 0. The van der Waals surface area contributed by atoms with Crippen LogP contribution in [0.4, 0.5) is 0 Å². The van der Waals surface area contributed by atoms with Crippen LogP contribution >= 0.6 is 12.2 Å². The highest BCUT2D eigenvalue weighted by molar-refractivity contribution is 7.80. The van der Waals surface area contributed by atoms with Gasteiger partial charge in [0.1, 0.15) is 0 Å². The lowest BCUT2D eigenvalue weighted by Crippen LogP contribution is -2.48. The topological polar surface area (TPSA) is 126 Å². The van der Waals surface area contributed by atoms with Crippen LogP contribution in [0.15, 0.2) is 42.5 Å². The first-order chi connectivity index (χ1) is 13.4. The van der Waals surface area contributed by atoms with Crippen LogP contribution < -0.4 is 21.5 Å². The van der Waals surface area contributed by atoms with Gasteiger partial charge in [-0.05, 0) is 24.7 Å². The number of hydrogen-bond donors (Lipinski definition) is 4. The maximum Gasteiger partial charge on any atom is 0.330 e. The molecule has 10 heteroatoms. The lowest BCUT2D eigenvalue weighted by atomic mass is 10.2. The number of rotatable bonds is 8. The number of esters is 1. The predicted molar refractivity (Wildman–Crippen MR) is 105 cm³/mol. The first-order valence-electron chi connectivity index (χ1n) is 8.46. The van der Waals surface area contributed by atoms with E-state index in [1.54, 1.807) is 6.92 Å². The Labute approximate surface area is 167 Å². The van der Waals surface area contributed by atoms with Gasteiger partial charge in [-0.3, -0.25) is 30.6 Å². The van der Waals surface area contributed by atoms with Crippen molar-refractivity contribution in [1.82, 2.24) is 21.5 Å². The van der Waals surface area contributed by atoms with E-state index in [2.05, 4.69) is 26.2 Å². The summed E-state index contributed by atoms with van der Waals surface area (Å²) in [5.41, 5.74) is 5.55. The van der Waals surface area contributed by atoms with Crippen LogP contribution in [0.5, 0.6) is 0 Å². The molecule has 0 radical (unpaired) electrons. The zero-order chi connectivity index (χ0) is 20.8. The molecule has 150 valence electrons. The summed E-state index contributed by atoms with van der Waals surface area (Å²) < 4.78 is 4.62. The lowest BCUT2D eigenvalue weighted by Gasteiger charge is -2.10. The van der Waals surface area contributed by atoms with Crippen LogP contribution in [-0.4, -0.2) is 35.4 Å². The fraction of sp³-hybridized carbons (Fsp3) is 0.278. The summed E-state index contributed by atoms with van der Waals surface area (Å²) >= 11 is 4.82. The van der Waals surface area contributed by atoms with Crippen molar-refractivity contribution in [3.63, 3.8) is 0 Å². The largest absolute Gasteiger partial charge is 0.463 e. The normalized spacial score (nSPS) is 10.0. The molecule has 0 bridgehead atoms. The number of hydrazine groups is 1. The van der Waals surface area contributed by atoms with Crippen LogP contribution in [0, 0.1) is 0 Å². The van der Waals surface area contributed by atoms with Crippen LogP contribution in [-0.2, 0) is 30.5 Å². The minimum Gasteiger partial charge on any atom is -0.463 e. The average molecular weight is 406 g/mol. The predicted octanol–water partition coefficient (Wildman–Crippen LogP) is 0.224. The van der Waals surface area contributed by atoms with Crippen LogP contribution in [0.2, 0.25) is 0 Å². The molecular weight excluding hydrogens is 384 g/mol. The van der Waals surface area contributed by atoms with Crippen molar-refractivity contribution in [2.24, 2.45) is 0 Å². The fourth-order valence-corrected chi connectivity index (χ4v) is 1.97. The first kappa shape index (κ1) is 22.8. The summed E-state index contributed by atoms with van der Waals surface area (Å²) in [5.74, 6) is -2.07. The molecule has 0 spiro atoms. The summed E-state index contributed by atoms with van der Waals surface area (Å²) in [6.07, 6.45) is 1.84. The van der Waals surface area contributed by atoms with Crippen molar-refractivity contribution >= 4 is 41.0 Å². The molecule has 1 aromatic rings. The Kier molecular flexibility index (Phi) is 10.6. The highest BCUT2D eigenvalue weighted by Crippen LogP contribution is 1.98. The Balaban J connectivity index is 2.19. The van der Waals surface area contributed by atoms with Gasteiger partial charge < -0.3 is 10.1 Å². The van der Waals surface area contributed by atoms with E-state index in [0.29, 0.717) is 6.54 Å². The highest BCUT2D eigenvalue weighted by Gasteiger charge is 2.08. The number of amides is 3. The molecule has 4 N–H and O–H groups in total. The Morgan fingerprint density at radius 2 is 1.68 bits per heavy atom. The van der Waals surface area contributed by atoms with E-state index < -0.39 is 17.8 Å². The summed E-state index contributed by atoms with van der Waals surface area (Å²) in [4.78, 5) is 46.0. The van der Waals surface area contributed by atoms with Crippen molar-refractivity contribution in [2.45, 2.75) is 26.3 Å². The Hall–Kier alpha value is -3.27. The van der Waals surface area contributed by atoms with Crippen LogP contribution in [0.25, 0.3) is 0 Å². The van der Waals surface area contributed by atoms with E-state index in [1.807, 2.05) is 30.3 Å². The van der Waals surface area contributed by atoms with E-state index in [1.165, 1.54) is 0 Å². The molecule has 0 unspecified atom stereocenters. The minimum atomic E-state index is -0.667. The van der Waals surface area contributed by atoms with E-state index >= 15 is 0 Å². The maximum absolute atomic E-state index is 11.7. The lowest BCUT2D eigenvalue weighted by molar-refractivity contribution is -0.137. The Bertz CT molecular complexity index is 737. The molecule has 3 amide bonds. The third kappa shape index (κ3) is 10.7. The summed E-state index contributed by atoms with van der Waals surface area (Å²) in [6.45, 7) is 2.22. The number of carbonyl (C=O) groups is 4. The molecule has 9 nitrogen and oxygen atoms in total. The van der Waals surface area contributed by atoms with E-state index in [0.717, 1.165) is 17.7 Å². The van der Waals surface area contributed by atoms with Gasteiger partial charge in [0.15, 0.2) is 5.11 Å². The molecular formula is C18H22N4O5S. The van der Waals surface area contributed by atoms with Gasteiger partial charge in [0.05, 0.1) is 6.61 Å². The molecule has 0 fully saturated rings. The van der Waals surface area contributed by atoms with E-state index in [4.69, 9.17) is 12.2 Å². The van der Waals surface area contributed by atoms with Crippen molar-refractivity contribution in [2.75, 3.05) is 6.61 Å². The third-order valence-corrected chi connectivity index (χ3v) is 3.33. The number of benzene rings is 1. The molecule has 28 heavy (non-hydrogen) atoms. The highest BCUT2D eigenvalue weighted by atomic mass is 32.1. The van der Waals surface area contributed by atoms with Gasteiger partial charge in [0.25, 0.3) is 0 Å². The molecule has 0 aliphatic carbocycles. The Morgan fingerprint density at radius 1 is 1.00 bits per heavy atom. The molecule has 0 aromatic heterocycles. The number of thiocarbonyl (C=S) groups is 1. The van der Waals surface area contributed by atoms with E-state index in [-0.39, 0.29) is 30.5 Å². The quantitative estimate of drug-likeness (QED) is 0.211. The first-order valence-corrected chi connectivity index (χ1v) is 8.86.